The third kappa shape index (κ3) is 6.74. The van der Waals surface area contributed by atoms with Crippen LogP contribution in [0.5, 0.6) is 0 Å². The molecule has 0 aromatic carbocycles. The van der Waals surface area contributed by atoms with Crippen molar-refractivity contribution in [2.24, 2.45) is 11.7 Å². The fourth-order valence-electron chi connectivity index (χ4n) is 1.17. The normalized spacial score (nSPS) is 13.9. The molecule has 68 valence electrons. The van der Waals surface area contributed by atoms with Crippen LogP contribution in [0.25, 0.3) is 0 Å². The molecule has 0 saturated carbocycles. The molecule has 0 rings (SSSR count). The molecule has 11 heavy (non-hydrogen) atoms. The maximum Gasteiger partial charge on any atom is 0.00162 e. The zero-order valence-electron chi connectivity index (χ0n) is 7.71. The minimum absolute atomic E-state index is 0.725. The summed E-state index contributed by atoms with van der Waals surface area (Å²) >= 11 is 0. The lowest BCUT2D eigenvalue weighted by atomic mass is 10.0. The van der Waals surface area contributed by atoms with Crippen molar-refractivity contribution >= 4 is 9.39 Å². The van der Waals surface area contributed by atoms with E-state index in [4.69, 9.17) is 5.73 Å². The van der Waals surface area contributed by atoms with Crippen LogP contribution in [0.3, 0.4) is 0 Å². The molecule has 0 heterocycles. The summed E-state index contributed by atoms with van der Waals surface area (Å²) in [5, 5.41) is 0. The average molecular weight is 176 g/mol. The van der Waals surface area contributed by atoms with Gasteiger partial charge in [-0.1, -0.05) is 22.7 Å². The van der Waals surface area contributed by atoms with Gasteiger partial charge in [0.05, 0.1) is 0 Å². The van der Waals surface area contributed by atoms with Gasteiger partial charge < -0.3 is 5.73 Å². The Balaban J connectivity index is 3.35. The van der Waals surface area contributed by atoms with E-state index in [0.29, 0.717) is 0 Å². The largest absolute Gasteiger partial charge is 0.330 e. The highest BCUT2D eigenvalue weighted by Gasteiger charge is 2.04. The topological polar surface area (TPSA) is 29.3 Å². The molecular weight excluding hydrogens is 155 g/mol. The van der Waals surface area contributed by atoms with Crippen LogP contribution in [-0.2, 0) is 0 Å². The highest BCUT2D eigenvalue weighted by atomic mass is 31.0. The lowest BCUT2D eigenvalue weighted by molar-refractivity contribution is 0.406. The standard InChI is InChI=1S/C8H21N2P/c1-3-4-8(7-9)5-6-10(2)11/h8H,3-7,9,11H2,1-2H3. The first-order valence-corrected chi connectivity index (χ1v) is 4.88. The van der Waals surface area contributed by atoms with Crippen LogP contribution in [0.2, 0.25) is 0 Å². The molecule has 0 aliphatic heterocycles. The molecule has 2 N–H and O–H groups in total. The third-order valence-corrected chi connectivity index (χ3v) is 2.18. The average Bonchev–Trinajstić information content (AvgIpc) is 1.97. The van der Waals surface area contributed by atoms with Gasteiger partial charge in [-0.3, -0.25) is 4.67 Å². The van der Waals surface area contributed by atoms with E-state index < -0.39 is 0 Å². The van der Waals surface area contributed by atoms with E-state index in [9.17, 15) is 0 Å². The van der Waals surface area contributed by atoms with E-state index in [1.165, 1.54) is 19.3 Å². The Bertz CT molecular complexity index is 86.2. The molecule has 2 atom stereocenters. The predicted octanol–water partition coefficient (Wildman–Crippen LogP) is 1.47. The maximum atomic E-state index is 5.62. The molecule has 0 aliphatic carbocycles. The summed E-state index contributed by atoms with van der Waals surface area (Å²) in [5.74, 6) is 0.725. The van der Waals surface area contributed by atoms with Gasteiger partial charge in [0.15, 0.2) is 0 Å². The zero-order chi connectivity index (χ0) is 8.69. The molecule has 2 nitrogen and oxygen atoms in total. The van der Waals surface area contributed by atoms with Gasteiger partial charge in [-0.2, -0.15) is 0 Å². The number of nitrogens with two attached hydrogens (primary N) is 1. The maximum absolute atomic E-state index is 5.62. The fourth-order valence-corrected chi connectivity index (χ4v) is 1.32. The lowest BCUT2D eigenvalue weighted by Crippen LogP contribution is -2.18. The lowest BCUT2D eigenvalue weighted by Gasteiger charge is -2.16. The second-order valence-corrected chi connectivity index (χ2v) is 4.04. The van der Waals surface area contributed by atoms with Crippen LogP contribution >= 0.6 is 9.39 Å². The van der Waals surface area contributed by atoms with E-state index >= 15 is 0 Å². The predicted molar refractivity (Wildman–Crippen MR) is 54.4 cm³/mol. The van der Waals surface area contributed by atoms with Gasteiger partial charge in [0.2, 0.25) is 0 Å². The molecule has 0 aliphatic rings. The first kappa shape index (κ1) is 11.4. The van der Waals surface area contributed by atoms with E-state index in [1.54, 1.807) is 0 Å². The van der Waals surface area contributed by atoms with Crippen molar-refractivity contribution in [1.82, 2.24) is 4.67 Å². The second-order valence-electron chi connectivity index (χ2n) is 3.16. The first-order valence-electron chi connectivity index (χ1n) is 4.36. The van der Waals surface area contributed by atoms with Crippen molar-refractivity contribution in [2.45, 2.75) is 26.2 Å². The molecule has 0 fully saturated rings. The number of hydrogen-bond donors (Lipinski definition) is 1. The summed E-state index contributed by atoms with van der Waals surface area (Å²) in [6, 6.07) is 0. The van der Waals surface area contributed by atoms with Gasteiger partial charge >= 0.3 is 0 Å². The van der Waals surface area contributed by atoms with Crippen LogP contribution in [0.15, 0.2) is 0 Å². The van der Waals surface area contributed by atoms with E-state index in [2.05, 4.69) is 28.0 Å². The molecular formula is C8H21N2P. The van der Waals surface area contributed by atoms with Crippen molar-refractivity contribution in [3.05, 3.63) is 0 Å². The summed E-state index contributed by atoms with van der Waals surface area (Å²) < 4.78 is 2.14. The fraction of sp³-hybridized carbons (Fsp3) is 1.00. The summed E-state index contributed by atoms with van der Waals surface area (Å²) in [7, 11) is 4.75. The van der Waals surface area contributed by atoms with Gasteiger partial charge in [-0.15, -0.1) is 0 Å². The Morgan fingerprint density at radius 1 is 1.45 bits per heavy atom. The third-order valence-electron chi connectivity index (χ3n) is 1.92. The summed E-state index contributed by atoms with van der Waals surface area (Å²) in [5.41, 5.74) is 5.62. The van der Waals surface area contributed by atoms with Crippen LogP contribution in [0, 0.1) is 5.92 Å². The van der Waals surface area contributed by atoms with Crippen LogP contribution in [0.1, 0.15) is 26.2 Å². The Kier molecular flexibility index (Phi) is 7.25. The van der Waals surface area contributed by atoms with E-state index in [-0.39, 0.29) is 0 Å². The van der Waals surface area contributed by atoms with Crippen molar-refractivity contribution in [3.63, 3.8) is 0 Å². The summed E-state index contributed by atoms with van der Waals surface area (Å²) in [6.45, 7) is 4.19. The number of nitrogens with zero attached hydrogens (tertiary/aromatic N) is 1. The highest BCUT2D eigenvalue weighted by Crippen LogP contribution is 2.10. The molecule has 3 heteroatoms. The highest BCUT2D eigenvalue weighted by molar-refractivity contribution is 7.13. The zero-order valence-corrected chi connectivity index (χ0v) is 8.87. The Morgan fingerprint density at radius 2 is 2.09 bits per heavy atom. The molecule has 0 radical (unpaired) electrons. The van der Waals surface area contributed by atoms with Gasteiger partial charge in [-0.25, -0.2) is 0 Å². The van der Waals surface area contributed by atoms with Crippen molar-refractivity contribution in [3.8, 4) is 0 Å². The van der Waals surface area contributed by atoms with Crippen molar-refractivity contribution < 1.29 is 0 Å². The van der Waals surface area contributed by atoms with E-state index in [1.807, 2.05) is 0 Å². The molecule has 2 unspecified atom stereocenters. The van der Waals surface area contributed by atoms with Crippen molar-refractivity contribution in [1.29, 1.82) is 0 Å². The second kappa shape index (κ2) is 7.02. The Hall–Kier alpha value is 0.350. The van der Waals surface area contributed by atoms with Crippen LogP contribution in [0.4, 0.5) is 0 Å². The van der Waals surface area contributed by atoms with Crippen LogP contribution < -0.4 is 5.73 Å². The van der Waals surface area contributed by atoms with Gasteiger partial charge in [0.1, 0.15) is 0 Å². The summed E-state index contributed by atoms with van der Waals surface area (Å²) in [4.78, 5) is 0. The Morgan fingerprint density at radius 3 is 2.45 bits per heavy atom. The van der Waals surface area contributed by atoms with Gasteiger partial charge in [0.25, 0.3) is 0 Å². The SMILES string of the molecule is CCCC(CN)CCN(C)P. The number of hydrogen-bond acceptors (Lipinski definition) is 2. The molecule has 0 bridgehead atoms. The monoisotopic (exact) mass is 176 g/mol. The van der Waals surface area contributed by atoms with Crippen molar-refractivity contribution in [2.75, 3.05) is 20.1 Å². The first-order chi connectivity index (χ1) is 5.20. The quantitative estimate of drug-likeness (QED) is 0.621. The molecule has 0 aromatic rings. The molecule has 0 aromatic heterocycles. The molecule has 0 spiro atoms. The molecule has 0 amide bonds. The molecule has 0 saturated heterocycles. The Labute approximate surface area is 72.8 Å². The minimum atomic E-state index is 0.725. The van der Waals surface area contributed by atoms with Gasteiger partial charge in [0, 0.05) is 6.54 Å². The van der Waals surface area contributed by atoms with Gasteiger partial charge in [-0.05, 0) is 32.4 Å². The van der Waals surface area contributed by atoms with Crippen LogP contribution in [-0.4, -0.2) is 24.8 Å². The minimum Gasteiger partial charge on any atom is -0.330 e. The smallest absolute Gasteiger partial charge is 0.00162 e. The number of rotatable bonds is 6. The van der Waals surface area contributed by atoms with E-state index in [0.717, 1.165) is 19.0 Å². The summed E-state index contributed by atoms with van der Waals surface area (Å²) in [6.07, 6.45) is 3.75.